The molecule has 31 heavy (non-hydrogen) atoms. The van der Waals surface area contributed by atoms with Crippen LogP contribution in [0.15, 0.2) is 47.8 Å². The second-order valence-electron chi connectivity index (χ2n) is 10.1. The van der Waals surface area contributed by atoms with Crippen molar-refractivity contribution in [2.75, 3.05) is 6.24 Å². The average molecular weight is 523 g/mol. The van der Waals surface area contributed by atoms with Crippen LogP contribution in [0.25, 0.3) is 0 Å². The van der Waals surface area contributed by atoms with E-state index in [0.29, 0.717) is 23.7 Å². The SMILES string of the molecule is CC1=C(C)[N](c2c(C(C)C)cccc2C(C)C)[Sn][N]1c1c(C(C)C)cccc1C(C)C. The van der Waals surface area contributed by atoms with Crippen LogP contribution >= 0.6 is 0 Å². The van der Waals surface area contributed by atoms with Crippen LogP contribution in [0, 0.1) is 0 Å². The van der Waals surface area contributed by atoms with Crippen molar-refractivity contribution in [1.82, 2.24) is 0 Å². The quantitative estimate of drug-likeness (QED) is 0.352. The van der Waals surface area contributed by atoms with Crippen LogP contribution in [0.4, 0.5) is 11.4 Å². The van der Waals surface area contributed by atoms with Crippen LogP contribution in [0.2, 0.25) is 0 Å². The maximum atomic E-state index is 2.74. The Kier molecular flexibility index (Phi) is 7.50. The van der Waals surface area contributed by atoms with Gasteiger partial charge in [-0.15, -0.1) is 0 Å². The van der Waals surface area contributed by atoms with Crippen LogP contribution in [-0.2, 0) is 0 Å². The Morgan fingerprint density at radius 3 is 1.00 bits per heavy atom. The monoisotopic (exact) mass is 524 g/mol. The van der Waals surface area contributed by atoms with Crippen molar-refractivity contribution < 1.29 is 0 Å². The van der Waals surface area contributed by atoms with Gasteiger partial charge in [0, 0.05) is 0 Å². The molecule has 0 saturated heterocycles. The Hall–Kier alpha value is -1.42. The molecule has 0 unspecified atom stereocenters. The summed E-state index contributed by atoms with van der Waals surface area (Å²) in [4.78, 5) is 0. The van der Waals surface area contributed by atoms with E-state index in [2.05, 4.69) is 112 Å². The number of anilines is 2. The molecule has 3 heteroatoms. The van der Waals surface area contributed by atoms with Crippen LogP contribution < -0.4 is 6.24 Å². The van der Waals surface area contributed by atoms with Gasteiger partial charge in [0.2, 0.25) is 0 Å². The molecular weight excluding hydrogens is 483 g/mol. The van der Waals surface area contributed by atoms with Gasteiger partial charge in [-0.1, -0.05) is 0 Å². The molecule has 1 aliphatic heterocycles. The van der Waals surface area contributed by atoms with E-state index in [0.717, 1.165) is 0 Å². The molecule has 2 aromatic carbocycles. The zero-order chi connectivity index (χ0) is 23.0. The first-order valence-corrected chi connectivity index (χ1v) is 14.4. The zero-order valence-electron chi connectivity index (χ0n) is 21.2. The van der Waals surface area contributed by atoms with Crippen LogP contribution in [0.3, 0.4) is 0 Å². The topological polar surface area (TPSA) is 6.48 Å². The van der Waals surface area contributed by atoms with Gasteiger partial charge >= 0.3 is 202 Å². The van der Waals surface area contributed by atoms with E-state index < -0.39 is 21.7 Å². The number of benzene rings is 2. The van der Waals surface area contributed by atoms with E-state index in [1.54, 1.807) is 0 Å². The second-order valence-corrected chi connectivity index (χ2v) is 13.3. The molecule has 1 heterocycles. The fourth-order valence-electron chi connectivity index (χ4n) is 4.55. The van der Waals surface area contributed by atoms with Gasteiger partial charge < -0.3 is 0 Å². The molecule has 0 aliphatic carbocycles. The Bertz CT molecular complexity index is 839. The van der Waals surface area contributed by atoms with Gasteiger partial charge in [0.1, 0.15) is 0 Å². The van der Waals surface area contributed by atoms with Crippen molar-refractivity contribution in [3.8, 4) is 0 Å². The predicted octanol–water partition coefficient (Wildman–Crippen LogP) is 8.29. The van der Waals surface area contributed by atoms with Crippen molar-refractivity contribution in [2.45, 2.75) is 92.9 Å². The summed E-state index contributed by atoms with van der Waals surface area (Å²) in [6.07, 6.45) is 0. The van der Waals surface area contributed by atoms with E-state index in [1.165, 1.54) is 45.0 Å². The summed E-state index contributed by atoms with van der Waals surface area (Å²) in [6, 6.07) is 13.9. The summed E-state index contributed by atoms with van der Waals surface area (Å²) in [5.41, 5.74) is 11.8. The fourth-order valence-corrected chi connectivity index (χ4v) is 8.94. The number of hydrogen-bond donors (Lipinski definition) is 0. The van der Waals surface area contributed by atoms with E-state index in [4.69, 9.17) is 0 Å². The standard InChI is InChI=1S/C28H40N2.Sn/c1-17(2)23-13-11-14-24(18(3)4)27(23)29-21(9)22(10)30-28-25(19(5)6)15-12-16-26(28)20(7)8;/h11-20H,1-10H3;/q-2;+2. The average Bonchev–Trinajstić information content (AvgIpc) is 3.00. The summed E-state index contributed by atoms with van der Waals surface area (Å²) < 4.78 is 5.48. The molecule has 0 atom stereocenters. The van der Waals surface area contributed by atoms with Crippen molar-refractivity contribution in [3.05, 3.63) is 70.0 Å². The van der Waals surface area contributed by atoms with Gasteiger partial charge in [-0.2, -0.15) is 0 Å². The molecule has 166 valence electrons. The molecule has 0 spiro atoms. The van der Waals surface area contributed by atoms with Crippen LogP contribution in [0.1, 0.15) is 115 Å². The van der Waals surface area contributed by atoms with Crippen LogP contribution in [0.5, 0.6) is 0 Å². The molecule has 0 saturated carbocycles. The number of allylic oxidation sites excluding steroid dienone is 2. The maximum absolute atomic E-state index is 2.74. The molecule has 2 nitrogen and oxygen atoms in total. The summed E-state index contributed by atoms with van der Waals surface area (Å²) in [5, 5.41) is 0. The molecule has 0 fully saturated rings. The Labute approximate surface area is 201 Å². The van der Waals surface area contributed by atoms with E-state index in [9.17, 15) is 0 Å². The van der Waals surface area contributed by atoms with E-state index in [1.807, 2.05) is 0 Å². The first-order chi connectivity index (χ1) is 14.6. The molecule has 0 N–H and O–H groups in total. The van der Waals surface area contributed by atoms with Crippen molar-refractivity contribution in [1.29, 1.82) is 0 Å². The number of nitrogens with zero attached hydrogens (tertiary/aromatic N) is 2. The number of hydrogen-bond acceptors (Lipinski definition) is 2. The molecule has 2 radical (unpaired) electrons. The Morgan fingerprint density at radius 1 is 0.516 bits per heavy atom. The first kappa shape index (κ1) is 24.2. The van der Waals surface area contributed by atoms with Crippen LogP contribution in [-0.4, -0.2) is 21.7 Å². The van der Waals surface area contributed by atoms with Gasteiger partial charge in [0.15, 0.2) is 0 Å². The normalized spacial score (nSPS) is 14.9. The Balaban J connectivity index is 2.19. The summed E-state index contributed by atoms with van der Waals surface area (Å²) >= 11 is -1.10. The molecule has 3 rings (SSSR count). The third-order valence-electron chi connectivity index (χ3n) is 6.53. The van der Waals surface area contributed by atoms with E-state index in [-0.39, 0.29) is 0 Å². The second kappa shape index (κ2) is 9.60. The zero-order valence-corrected chi connectivity index (χ0v) is 24.0. The van der Waals surface area contributed by atoms with Gasteiger partial charge in [-0.3, -0.25) is 0 Å². The van der Waals surface area contributed by atoms with Gasteiger partial charge in [0.25, 0.3) is 0 Å². The van der Waals surface area contributed by atoms with Gasteiger partial charge in [-0.05, 0) is 0 Å². The number of rotatable bonds is 6. The minimum atomic E-state index is -1.10. The molecule has 0 aromatic heterocycles. The van der Waals surface area contributed by atoms with Crippen molar-refractivity contribution in [3.63, 3.8) is 0 Å². The minimum absolute atomic E-state index is 0.518. The van der Waals surface area contributed by atoms with Crippen molar-refractivity contribution in [2.24, 2.45) is 0 Å². The molecule has 0 bridgehead atoms. The first-order valence-electron chi connectivity index (χ1n) is 11.9. The predicted molar refractivity (Wildman–Crippen MR) is 138 cm³/mol. The fraction of sp³-hybridized carbons (Fsp3) is 0.500. The molecule has 2 aromatic rings. The molecule has 1 aliphatic rings. The summed E-state index contributed by atoms with van der Waals surface area (Å²) in [6.45, 7) is 23.3. The molecular formula is C28H40N2Sn. The summed E-state index contributed by atoms with van der Waals surface area (Å²) in [7, 11) is 0. The van der Waals surface area contributed by atoms with Crippen molar-refractivity contribution >= 4 is 33.1 Å². The third kappa shape index (κ3) is 4.55. The van der Waals surface area contributed by atoms with Gasteiger partial charge in [0.05, 0.1) is 0 Å². The third-order valence-corrected chi connectivity index (χ3v) is 10.9. The molecule has 0 amide bonds. The Morgan fingerprint density at radius 2 is 0.774 bits per heavy atom. The number of para-hydroxylation sites is 2. The van der Waals surface area contributed by atoms with E-state index >= 15 is 0 Å². The van der Waals surface area contributed by atoms with Gasteiger partial charge in [-0.25, -0.2) is 0 Å². The summed E-state index contributed by atoms with van der Waals surface area (Å²) in [5.74, 6) is 2.07.